The Labute approximate surface area is 112 Å². The lowest BCUT2D eigenvalue weighted by molar-refractivity contribution is -0.109. The first-order chi connectivity index (χ1) is 8.82. The second kappa shape index (κ2) is 6.60. The van der Waals surface area contributed by atoms with Crippen molar-refractivity contribution >= 4 is 22.8 Å². The van der Waals surface area contributed by atoms with Gasteiger partial charge >= 0.3 is 5.97 Å². The summed E-state index contributed by atoms with van der Waals surface area (Å²) < 4.78 is 13.1. The van der Waals surface area contributed by atoms with Gasteiger partial charge in [0.05, 0.1) is 23.6 Å². The Morgan fingerprint density at radius 1 is 1.47 bits per heavy atom. The predicted molar refractivity (Wildman–Crippen MR) is 65.3 cm³/mol. The van der Waals surface area contributed by atoms with Crippen LogP contribution in [0.1, 0.15) is 29.1 Å². The minimum absolute atomic E-state index is 0.0715. The van der Waals surface area contributed by atoms with Crippen LogP contribution in [0.5, 0.6) is 0 Å². The molecular weight excluding hydrogens is 277 g/mol. The zero-order valence-corrected chi connectivity index (χ0v) is 10.7. The van der Waals surface area contributed by atoms with Crippen LogP contribution in [-0.2, 0) is 4.79 Å². The molecule has 0 aliphatic heterocycles. The van der Waals surface area contributed by atoms with Crippen molar-refractivity contribution in [1.29, 1.82) is 0 Å². The SMILES string of the molecule is CC(=O)SCC(O)C(O)c1cc(C(=O)O)c(F)cn1. The number of pyridine rings is 1. The first-order valence-electron chi connectivity index (χ1n) is 5.21. The normalized spacial score (nSPS) is 13.9. The minimum atomic E-state index is -1.50. The van der Waals surface area contributed by atoms with Crippen molar-refractivity contribution < 1.29 is 29.3 Å². The van der Waals surface area contributed by atoms with E-state index >= 15 is 0 Å². The number of carbonyl (C=O) groups excluding carboxylic acids is 1. The van der Waals surface area contributed by atoms with Crippen molar-refractivity contribution in [3.63, 3.8) is 0 Å². The van der Waals surface area contributed by atoms with Gasteiger partial charge in [-0.05, 0) is 6.07 Å². The number of carbonyl (C=O) groups is 2. The monoisotopic (exact) mass is 289 g/mol. The van der Waals surface area contributed by atoms with Gasteiger partial charge in [-0.1, -0.05) is 11.8 Å². The van der Waals surface area contributed by atoms with Gasteiger partial charge in [-0.15, -0.1) is 0 Å². The molecule has 0 aliphatic carbocycles. The molecule has 0 aromatic carbocycles. The highest BCUT2D eigenvalue weighted by atomic mass is 32.2. The molecule has 2 atom stereocenters. The van der Waals surface area contributed by atoms with Gasteiger partial charge in [0.2, 0.25) is 0 Å². The second-order valence-electron chi connectivity index (χ2n) is 3.71. The first-order valence-corrected chi connectivity index (χ1v) is 6.19. The van der Waals surface area contributed by atoms with E-state index in [0.29, 0.717) is 6.20 Å². The van der Waals surface area contributed by atoms with E-state index < -0.39 is 29.6 Å². The summed E-state index contributed by atoms with van der Waals surface area (Å²) >= 11 is 0.809. The number of aromatic nitrogens is 1. The average molecular weight is 289 g/mol. The Morgan fingerprint density at radius 2 is 2.11 bits per heavy atom. The molecule has 3 N–H and O–H groups in total. The molecule has 0 amide bonds. The summed E-state index contributed by atoms with van der Waals surface area (Å²) in [5.41, 5.74) is -0.814. The molecule has 19 heavy (non-hydrogen) atoms. The van der Waals surface area contributed by atoms with Crippen LogP contribution in [0.15, 0.2) is 12.3 Å². The lowest BCUT2D eigenvalue weighted by atomic mass is 10.1. The van der Waals surface area contributed by atoms with Crippen molar-refractivity contribution in [2.24, 2.45) is 0 Å². The molecule has 0 spiro atoms. The van der Waals surface area contributed by atoms with E-state index in [0.717, 1.165) is 17.8 Å². The Morgan fingerprint density at radius 3 is 2.63 bits per heavy atom. The third kappa shape index (κ3) is 4.27. The van der Waals surface area contributed by atoms with Crippen LogP contribution in [-0.4, -0.2) is 43.2 Å². The highest BCUT2D eigenvalue weighted by molar-refractivity contribution is 8.13. The number of carboxylic acid groups (broad SMARTS) is 1. The number of hydrogen-bond acceptors (Lipinski definition) is 6. The number of carboxylic acids is 1. The maximum Gasteiger partial charge on any atom is 0.338 e. The molecular formula is C11H12FNO5S. The maximum absolute atomic E-state index is 13.1. The summed E-state index contributed by atoms with van der Waals surface area (Å²) in [4.78, 5) is 25.0. The summed E-state index contributed by atoms with van der Waals surface area (Å²) in [5.74, 6) is -2.60. The molecule has 104 valence electrons. The predicted octanol–water partition coefficient (Wildman–Crippen LogP) is 0.593. The molecule has 1 aromatic rings. The second-order valence-corrected chi connectivity index (χ2v) is 4.91. The zero-order chi connectivity index (χ0) is 14.6. The van der Waals surface area contributed by atoms with Crippen molar-refractivity contribution in [3.8, 4) is 0 Å². The Kier molecular flexibility index (Phi) is 5.40. The number of halogens is 1. The number of aliphatic hydroxyl groups excluding tert-OH is 2. The average Bonchev–Trinajstić information content (AvgIpc) is 2.35. The molecule has 0 radical (unpaired) electrons. The number of rotatable bonds is 5. The summed E-state index contributed by atoms with van der Waals surface area (Å²) in [6.07, 6.45) is -2.15. The summed E-state index contributed by atoms with van der Waals surface area (Å²) in [6, 6.07) is 0.851. The van der Waals surface area contributed by atoms with Gasteiger partial charge in [-0.25, -0.2) is 9.18 Å². The van der Waals surface area contributed by atoms with Crippen molar-refractivity contribution in [1.82, 2.24) is 4.98 Å². The van der Waals surface area contributed by atoms with Gasteiger partial charge in [-0.3, -0.25) is 9.78 Å². The Bertz CT molecular complexity index is 496. The largest absolute Gasteiger partial charge is 0.478 e. The fraction of sp³-hybridized carbons (Fsp3) is 0.364. The van der Waals surface area contributed by atoms with Gasteiger partial charge in [0.25, 0.3) is 0 Å². The molecule has 0 saturated heterocycles. The standard InChI is InChI=1S/C11H12FNO5S/c1-5(14)19-4-9(15)10(16)8-2-6(11(17)18)7(12)3-13-8/h2-3,9-10,15-16H,4H2,1H3,(H,17,18). The topological polar surface area (TPSA) is 108 Å². The van der Waals surface area contributed by atoms with E-state index in [2.05, 4.69) is 4.98 Å². The van der Waals surface area contributed by atoms with E-state index in [4.69, 9.17) is 5.11 Å². The Balaban J connectivity index is 2.87. The van der Waals surface area contributed by atoms with E-state index in [9.17, 15) is 24.2 Å². The highest BCUT2D eigenvalue weighted by Gasteiger charge is 2.23. The minimum Gasteiger partial charge on any atom is -0.478 e. The maximum atomic E-state index is 13.1. The molecule has 1 heterocycles. The van der Waals surface area contributed by atoms with Gasteiger partial charge in [-0.2, -0.15) is 0 Å². The van der Waals surface area contributed by atoms with Crippen LogP contribution in [0.2, 0.25) is 0 Å². The lowest BCUT2D eigenvalue weighted by Crippen LogP contribution is -2.23. The van der Waals surface area contributed by atoms with E-state index in [1.54, 1.807) is 0 Å². The third-order valence-electron chi connectivity index (χ3n) is 2.23. The molecule has 8 heteroatoms. The zero-order valence-electron chi connectivity index (χ0n) is 9.91. The van der Waals surface area contributed by atoms with Crippen LogP contribution in [0.3, 0.4) is 0 Å². The van der Waals surface area contributed by atoms with Crippen LogP contribution in [0.4, 0.5) is 4.39 Å². The van der Waals surface area contributed by atoms with Gasteiger partial charge in [0, 0.05) is 12.7 Å². The van der Waals surface area contributed by atoms with Crippen molar-refractivity contribution in [2.75, 3.05) is 5.75 Å². The molecule has 6 nitrogen and oxygen atoms in total. The van der Waals surface area contributed by atoms with E-state index in [-0.39, 0.29) is 16.6 Å². The molecule has 1 aromatic heterocycles. The molecule has 0 bridgehead atoms. The van der Waals surface area contributed by atoms with Crippen LogP contribution >= 0.6 is 11.8 Å². The number of hydrogen-bond donors (Lipinski definition) is 3. The van der Waals surface area contributed by atoms with Crippen molar-refractivity contribution in [3.05, 3.63) is 29.3 Å². The summed E-state index contributed by atoms with van der Waals surface area (Å²) in [5, 5.41) is 27.9. The van der Waals surface area contributed by atoms with Crippen LogP contribution < -0.4 is 0 Å². The molecule has 0 saturated carbocycles. The molecule has 0 fully saturated rings. The smallest absolute Gasteiger partial charge is 0.338 e. The number of aromatic carboxylic acids is 1. The highest BCUT2D eigenvalue weighted by Crippen LogP contribution is 2.20. The van der Waals surface area contributed by atoms with E-state index in [1.165, 1.54) is 6.92 Å². The number of thioether (sulfide) groups is 1. The van der Waals surface area contributed by atoms with Crippen molar-refractivity contribution in [2.45, 2.75) is 19.1 Å². The summed E-state index contributed by atoms with van der Waals surface area (Å²) in [7, 11) is 0. The fourth-order valence-electron chi connectivity index (χ4n) is 1.27. The molecule has 2 unspecified atom stereocenters. The van der Waals surface area contributed by atoms with Crippen LogP contribution in [0, 0.1) is 5.82 Å². The van der Waals surface area contributed by atoms with Gasteiger partial charge in [0.15, 0.2) is 10.9 Å². The number of nitrogens with zero attached hydrogens (tertiary/aromatic N) is 1. The van der Waals surface area contributed by atoms with Gasteiger partial charge in [0.1, 0.15) is 6.10 Å². The third-order valence-corrected chi connectivity index (χ3v) is 3.15. The molecule has 0 aliphatic rings. The van der Waals surface area contributed by atoms with Crippen LogP contribution in [0.25, 0.3) is 0 Å². The van der Waals surface area contributed by atoms with Gasteiger partial charge < -0.3 is 15.3 Å². The quantitative estimate of drug-likeness (QED) is 0.728. The number of aliphatic hydroxyl groups is 2. The Hall–Kier alpha value is -1.51. The molecule has 1 rings (SSSR count). The fourth-order valence-corrected chi connectivity index (χ4v) is 1.86. The first kappa shape index (κ1) is 15.5. The summed E-state index contributed by atoms with van der Waals surface area (Å²) in [6.45, 7) is 1.31. The lowest BCUT2D eigenvalue weighted by Gasteiger charge is -2.16. The van der Waals surface area contributed by atoms with E-state index in [1.807, 2.05) is 0 Å².